The van der Waals surface area contributed by atoms with E-state index in [1.54, 1.807) is 4.90 Å². The number of amides is 1. The van der Waals surface area contributed by atoms with E-state index >= 15 is 0 Å². The van der Waals surface area contributed by atoms with Gasteiger partial charge < -0.3 is 4.74 Å². The van der Waals surface area contributed by atoms with Crippen molar-refractivity contribution in [2.75, 3.05) is 6.54 Å². The second kappa shape index (κ2) is 5.81. The summed E-state index contributed by atoms with van der Waals surface area (Å²) in [5.74, 6) is -0.264. The molecule has 3 heterocycles. The standard InChI is InChI=1S/C15H19FN6O2/c1-9-12-11(5-6-21(9)14(23)24-15(2,3)4)22(20-19-12)13-17-7-10(16)8-18-13/h7-9H,5-6H2,1-4H3/t9-/m0/s1. The van der Waals surface area contributed by atoms with Crippen molar-refractivity contribution < 1.29 is 13.9 Å². The summed E-state index contributed by atoms with van der Waals surface area (Å²) in [6.07, 6.45) is 2.31. The molecule has 0 radical (unpaired) electrons. The summed E-state index contributed by atoms with van der Waals surface area (Å²) in [6, 6.07) is -0.280. The molecule has 3 rings (SSSR count). The maximum absolute atomic E-state index is 13.0. The largest absolute Gasteiger partial charge is 0.444 e. The van der Waals surface area contributed by atoms with Gasteiger partial charge in [-0.15, -0.1) is 5.10 Å². The van der Waals surface area contributed by atoms with Gasteiger partial charge in [-0.1, -0.05) is 5.21 Å². The number of halogens is 1. The lowest BCUT2D eigenvalue weighted by molar-refractivity contribution is 0.0154. The summed E-state index contributed by atoms with van der Waals surface area (Å²) >= 11 is 0. The van der Waals surface area contributed by atoms with Gasteiger partial charge in [-0.3, -0.25) is 4.90 Å². The van der Waals surface area contributed by atoms with Crippen molar-refractivity contribution in [3.05, 3.63) is 29.6 Å². The van der Waals surface area contributed by atoms with Gasteiger partial charge >= 0.3 is 6.09 Å². The molecule has 9 heteroatoms. The lowest BCUT2D eigenvalue weighted by Crippen LogP contribution is -2.42. The summed E-state index contributed by atoms with van der Waals surface area (Å²) in [7, 11) is 0. The van der Waals surface area contributed by atoms with Gasteiger partial charge in [0.15, 0.2) is 5.82 Å². The number of aromatic nitrogens is 5. The Hall–Kier alpha value is -2.58. The van der Waals surface area contributed by atoms with Crippen molar-refractivity contribution in [1.29, 1.82) is 0 Å². The van der Waals surface area contributed by atoms with Crippen LogP contribution in [0, 0.1) is 5.82 Å². The molecule has 0 saturated heterocycles. The smallest absolute Gasteiger partial charge is 0.410 e. The van der Waals surface area contributed by atoms with E-state index in [4.69, 9.17) is 4.74 Å². The van der Waals surface area contributed by atoms with Gasteiger partial charge in [-0.05, 0) is 27.7 Å². The Balaban J connectivity index is 1.86. The number of rotatable bonds is 1. The van der Waals surface area contributed by atoms with Crippen molar-refractivity contribution in [3.63, 3.8) is 0 Å². The molecule has 2 aromatic rings. The van der Waals surface area contributed by atoms with E-state index in [9.17, 15) is 9.18 Å². The topological polar surface area (TPSA) is 86.0 Å². The average Bonchev–Trinajstić information content (AvgIpc) is 2.91. The summed E-state index contributed by atoms with van der Waals surface area (Å²) in [5.41, 5.74) is 0.922. The van der Waals surface area contributed by atoms with Crippen LogP contribution >= 0.6 is 0 Å². The molecule has 8 nitrogen and oxygen atoms in total. The molecule has 0 saturated carbocycles. The van der Waals surface area contributed by atoms with E-state index < -0.39 is 11.4 Å². The number of fused-ring (bicyclic) bond motifs is 1. The molecule has 24 heavy (non-hydrogen) atoms. The van der Waals surface area contributed by atoms with Crippen LogP contribution < -0.4 is 0 Å². The van der Waals surface area contributed by atoms with Crippen LogP contribution in [0.4, 0.5) is 9.18 Å². The Morgan fingerprint density at radius 1 is 1.33 bits per heavy atom. The highest BCUT2D eigenvalue weighted by Crippen LogP contribution is 2.29. The Kier molecular flexibility index (Phi) is 3.94. The molecule has 0 aromatic carbocycles. The lowest BCUT2D eigenvalue weighted by atomic mass is 10.0. The first kappa shape index (κ1) is 16.3. The van der Waals surface area contributed by atoms with Crippen molar-refractivity contribution in [3.8, 4) is 5.95 Å². The number of ether oxygens (including phenoxy) is 1. The molecule has 0 spiro atoms. The highest BCUT2D eigenvalue weighted by molar-refractivity contribution is 5.69. The quantitative estimate of drug-likeness (QED) is 0.793. The molecule has 0 fully saturated rings. The van der Waals surface area contributed by atoms with Gasteiger partial charge in [0.05, 0.1) is 24.1 Å². The fraction of sp³-hybridized carbons (Fsp3) is 0.533. The zero-order valence-electron chi connectivity index (χ0n) is 14.0. The van der Waals surface area contributed by atoms with Crippen LogP contribution in [0.3, 0.4) is 0 Å². The molecular weight excluding hydrogens is 315 g/mol. The van der Waals surface area contributed by atoms with Gasteiger partial charge in [0.25, 0.3) is 5.95 Å². The van der Waals surface area contributed by atoms with Gasteiger partial charge in [0, 0.05) is 13.0 Å². The third kappa shape index (κ3) is 3.06. The summed E-state index contributed by atoms with van der Waals surface area (Å²) in [5, 5.41) is 8.21. The van der Waals surface area contributed by atoms with Crippen LogP contribution in [0.25, 0.3) is 5.95 Å². The van der Waals surface area contributed by atoms with Crippen LogP contribution in [0.1, 0.15) is 45.1 Å². The van der Waals surface area contributed by atoms with Crippen LogP contribution in [0.15, 0.2) is 12.4 Å². The first-order valence-electron chi connectivity index (χ1n) is 7.68. The predicted octanol–water partition coefficient (Wildman–Crippen LogP) is 2.05. The van der Waals surface area contributed by atoms with E-state index in [-0.39, 0.29) is 18.1 Å². The Labute approximate surface area is 138 Å². The Morgan fingerprint density at radius 3 is 2.62 bits per heavy atom. The Morgan fingerprint density at radius 2 is 2.00 bits per heavy atom. The van der Waals surface area contributed by atoms with Crippen LogP contribution in [0.5, 0.6) is 0 Å². The maximum atomic E-state index is 13.0. The van der Waals surface area contributed by atoms with Gasteiger partial charge in [-0.2, -0.15) is 4.68 Å². The molecule has 1 aliphatic rings. The SMILES string of the molecule is C[C@H]1c2nnn(-c3ncc(F)cn3)c2CCN1C(=O)OC(C)(C)C. The van der Waals surface area contributed by atoms with Gasteiger partial charge in [0.1, 0.15) is 11.3 Å². The number of nitrogens with zero attached hydrogens (tertiary/aromatic N) is 6. The van der Waals surface area contributed by atoms with E-state index in [1.165, 1.54) is 4.68 Å². The molecule has 0 unspecified atom stereocenters. The predicted molar refractivity (Wildman–Crippen MR) is 82.0 cm³/mol. The molecular formula is C15H19FN6O2. The molecule has 1 aliphatic heterocycles. The number of carbonyl (C=O) groups is 1. The molecule has 0 aliphatic carbocycles. The van der Waals surface area contributed by atoms with E-state index in [1.807, 2.05) is 27.7 Å². The van der Waals surface area contributed by atoms with Crippen molar-refractivity contribution >= 4 is 6.09 Å². The van der Waals surface area contributed by atoms with Crippen LogP contribution in [-0.2, 0) is 11.2 Å². The minimum Gasteiger partial charge on any atom is -0.444 e. The molecule has 128 valence electrons. The molecule has 1 amide bonds. The third-order valence-electron chi connectivity index (χ3n) is 3.67. The van der Waals surface area contributed by atoms with Gasteiger partial charge in [0.2, 0.25) is 0 Å². The number of hydrogen-bond donors (Lipinski definition) is 0. The Bertz CT molecular complexity index is 752. The second-order valence-electron chi connectivity index (χ2n) is 6.63. The summed E-state index contributed by atoms with van der Waals surface area (Å²) < 4.78 is 19.9. The van der Waals surface area contributed by atoms with Crippen molar-refractivity contribution in [2.45, 2.75) is 45.8 Å². The summed E-state index contributed by atoms with van der Waals surface area (Å²) in [6.45, 7) is 7.82. The minimum absolute atomic E-state index is 0.253. The first-order valence-corrected chi connectivity index (χ1v) is 7.68. The zero-order chi connectivity index (χ0) is 17.5. The van der Waals surface area contributed by atoms with Gasteiger partial charge in [-0.25, -0.2) is 19.2 Å². The third-order valence-corrected chi connectivity index (χ3v) is 3.67. The lowest BCUT2D eigenvalue weighted by Gasteiger charge is -2.34. The monoisotopic (exact) mass is 334 g/mol. The van der Waals surface area contributed by atoms with E-state index in [0.29, 0.717) is 18.7 Å². The molecule has 0 N–H and O–H groups in total. The fourth-order valence-electron chi connectivity index (χ4n) is 2.58. The average molecular weight is 334 g/mol. The van der Waals surface area contributed by atoms with E-state index in [0.717, 1.165) is 18.1 Å². The minimum atomic E-state index is -0.559. The number of hydrogen-bond acceptors (Lipinski definition) is 6. The molecule has 0 bridgehead atoms. The highest BCUT2D eigenvalue weighted by atomic mass is 19.1. The van der Waals surface area contributed by atoms with Crippen LogP contribution in [0.2, 0.25) is 0 Å². The zero-order valence-corrected chi connectivity index (χ0v) is 14.0. The second-order valence-corrected chi connectivity index (χ2v) is 6.63. The summed E-state index contributed by atoms with van der Waals surface area (Å²) in [4.78, 5) is 21.8. The fourth-order valence-corrected chi connectivity index (χ4v) is 2.58. The molecule has 2 aromatic heterocycles. The van der Waals surface area contributed by atoms with E-state index in [2.05, 4.69) is 20.3 Å². The van der Waals surface area contributed by atoms with Crippen molar-refractivity contribution in [1.82, 2.24) is 29.9 Å². The maximum Gasteiger partial charge on any atom is 0.410 e. The normalized spacial score (nSPS) is 17.5. The highest BCUT2D eigenvalue weighted by Gasteiger charge is 2.34. The van der Waals surface area contributed by atoms with Crippen LogP contribution in [-0.4, -0.2) is 48.1 Å². The number of carbonyl (C=O) groups excluding carboxylic acids is 1. The first-order chi connectivity index (χ1) is 11.3. The van der Waals surface area contributed by atoms with Crippen molar-refractivity contribution in [2.24, 2.45) is 0 Å². The molecule has 1 atom stereocenters.